The largest absolute Gasteiger partial charge is 0.507 e. The number of halogens is 4. The van der Waals surface area contributed by atoms with Crippen LogP contribution in [-0.4, -0.2) is 31.0 Å². The zero-order chi connectivity index (χ0) is 27.1. The smallest absolute Gasteiger partial charge is 0.416 e. The van der Waals surface area contributed by atoms with E-state index in [0.29, 0.717) is 11.1 Å². The van der Waals surface area contributed by atoms with Gasteiger partial charge in [-0.3, -0.25) is 14.5 Å². The van der Waals surface area contributed by atoms with Crippen LogP contribution in [0, 0.1) is 6.92 Å². The van der Waals surface area contributed by atoms with E-state index in [1.807, 2.05) is 0 Å². The molecule has 1 aliphatic heterocycles. The number of aliphatic hydroxyl groups is 1. The number of aryl methyl sites for hydroxylation is 1. The molecule has 1 aliphatic rings. The van der Waals surface area contributed by atoms with Crippen LogP contribution in [-0.2, 0) is 15.8 Å². The highest BCUT2D eigenvalue weighted by atomic mass is 35.5. The predicted octanol–water partition coefficient (Wildman–Crippen LogP) is 6.31. The number of ketones is 1. The average molecular weight is 532 g/mol. The van der Waals surface area contributed by atoms with E-state index in [1.165, 1.54) is 32.4 Å². The maximum absolute atomic E-state index is 13.5. The molecule has 3 aromatic carbocycles. The molecule has 1 unspecified atom stereocenters. The molecule has 0 saturated carbocycles. The maximum Gasteiger partial charge on any atom is 0.416 e. The Morgan fingerprint density at radius 1 is 0.973 bits per heavy atom. The molecule has 1 N–H and O–H groups in total. The Kier molecular flexibility index (Phi) is 6.92. The highest BCUT2D eigenvalue weighted by Gasteiger charge is 2.48. The summed E-state index contributed by atoms with van der Waals surface area (Å²) in [6.07, 6.45) is -4.67. The van der Waals surface area contributed by atoms with E-state index in [4.69, 9.17) is 21.1 Å². The molecule has 1 saturated heterocycles. The second kappa shape index (κ2) is 9.82. The summed E-state index contributed by atoms with van der Waals surface area (Å²) in [6.45, 7) is 1.73. The molecule has 0 aromatic heterocycles. The van der Waals surface area contributed by atoms with Crippen molar-refractivity contribution in [2.24, 2.45) is 0 Å². The molecule has 1 fully saturated rings. The maximum atomic E-state index is 13.5. The number of ether oxygens (including phenoxy) is 2. The van der Waals surface area contributed by atoms with Crippen molar-refractivity contribution in [2.75, 3.05) is 19.1 Å². The minimum Gasteiger partial charge on any atom is -0.507 e. The number of methoxy groups -OCH3 is 2. The van der Waals surface area contributed by atoms with Crippen molar-refractivity contribution < 1.29 is 37.3 Å². The fourth-order valence-electron chi connectivity index (χ4n) is 4.31. The Labute approximate surface area is 215 Å². The van der Waals surface area contributed by atoms with Crippen LogP contribution in [0.15, 0.2) is 66.2 Å². The molecule has 1 amide bonds. The van der Waals surface area contributed by atoms with E-state index in [1.54, 1.807) is 31.2 Å². The van der Waals surface area contributed by atoms with E-state index in [9.17, 15) is 27.9 Å². The monoisotopic (exact) mass is 531 g/mol. The zero-order valence-electron chi connectivity index (χ0n) is 19.9. The molecule has 192 valence electrons. The molecule has 1 heterocycles. The van der Waals surface area contributed by atoms with Crippen LogP contribution in [0.5, 0.6) is 11.5 Å². The standard InChI is InChI=1S/C27H21ClF3NO5/c1-14-7-4-5-10-17(14)23-22(24(33)18-12-19(28)21(37-3)13-20(18)36-2)25(34)26(35)32(23)16-9-6-8-15(11-16)27(29,30)31/h4-13,23,33H,1-3H3/b24-22+. The first kappa shape index (κ1) is 26.1. The molecule has 3 aromatic rings. The lowest BCUT2D eigenvalue weighted by Crippen LogP contribution is -2.30. The Morgan fingerprint density at radius 3 is 2.27 bits per heavy atom. The van der Waals surface area contributed by atoms with Gasteiger partial charge in [0.15, 0.2) is 0 Å². The SMILES string of the molecule is COc1cc(OC)c(/C(O)=C2\C(=O)C(=O)N(c3cccc(C(F)(F)F)c3)C2c2ccccc2C)cc1Cl. The Hall–Kier alpha value is -3.98. The Bertz CT molecular complexity index is 1430. The summed E-state index contributed by atoms with van der Waals surface area (Å²) in [4.78, 5) is 27.6. The lowest BCUT2D eigenvalue weighted by Gasteiger charge is -2.27. The second-order valence-corrected chi connectivity index (χ2v) is 8.67. The van der Waals surface area contributed by atoms with Crippen molar-refractivity contribution in [2.45, 2.75) is 19.1 Å². The number of carbonyl (C=O) groups excluding carboxylic acids is 2. The molecule has 10 heteroatoms. The van der Waals surface area contributed by atoms with Crippen LogP contribution < -0.4 is 14.4 Å². The lowest BCUT2D eigenvalue weighted by molar-refractivity contribution is -0.137. The molecule has 1 atom stereocenters. The molecule has 0 bridgehead atoms. The van der Waals surface area contributed by atoms with Gasteiger partial charge in [0, 0.05) is 11.8 Å². The van der Waals surface area contributed by atoms with Crippen molar-refractivity contribution in [1.29, 1.82) is 0 Å². The van der Waals surface area contributed by atoms with Crippen LogP contribution in [0.4, 0.5) is 18.9 Å². The third-order valence-electron chi connectivity index (χ3n) is 6.11. The summed E-state index contributed by atoms with van der Waals surface area (Å²) in [5.41, 5.74) is -0.357. The Balaban J connectivity index is 2.01. The number of nitrogens with zero attached hydrogens (tertiary/aromatic N) is 1. The van der Waals surface area contributed by atoms with Crippen LogP contribution in [0.25, 0.3) is 5.76 Å². The predicted molar refractivity (Wildman–Crippen MR) is 132 cm³/mol. The van der Waals surface area contributed by atoms with Gasteiger partial charge in [-0.2, -0.15) is 13.2 Å². The Morgan fingerprint density at radius 2 is 1.65 bits per heavy atom. The molecular formula is C27H21ClF3NO5. The molecule has 37 heavy (non-hydrogen) atoms. The van der Waals surface area contributed by atoms with Gasteiger partial charge in [-0.05, 0) is 42.3 Å². The summed E-state index contributed by atoms with van der Waals surface area (Å²) in [5.74, 6) is -2.41. The zero-order valence-corrected chi connectivity index (χ0v) is 20.6. The van der Waals surface area contributed by atoms with Crippen LogP contribution in [0.2, 0.25) is 5.02 Å². The first-order valence-electron chi connectivity index (χ1n) is 10.9. The number of hydrogen-bond acceptors (Lipinski definition) is 5. The number of aliphatic hydroxyl groups excluding tert-OH is 1. The van der Waals surface area contributed by atoms with Crippen molar-refractivity contribution in [3.63, 3.8) is 0 Å². The number of rotatable bonds is 5. The van der Waals surface area contributed by atoms with Gasteiger partial charge in [-0.15, -0.1) is 0 Å². The quantitative estimate of drug-likeness (QED) is 0.237. The van der Waals surface area contributed by atoms with Gasteiger partial charge in [-0.1, -0.05) is 41.9 Å². The van der Waals surface area contributed by atoms with E-state index in [0.717, 1.165) is 23.1 Å². The van der Waals surface area contributed by atoms with Crippen molar-refractivity contribution in [3.8, 4) is 11.5 Å². The summed E-state index contributed by atoms with van der Waals surface area (Å²) < 4.78 is 50.9. The number of amides is 1. The second-order valence-electron chi connectivity index (χ2n) is 8.26. The minimum absolute atomic E-state index is 0.00827. The van der Waals surface area contributed by atoms with Gasteiger partial charge >= 0.3 is 6.18 Å². The first-order valence-corrected chi connectivity index (χ1v) is 11.3. The molecule has 4 rings (SSSR count). The fraction of sp³-hybridized carbons (Fsp3) is 0.185. The van der Waals surface area contributed by atoms with Crippen LogP contribution in [0.1, 0.15) is 28.3 Å². The first-order chi connectivity index (χ1) is 17.5. The topological polar surface area (TPSA) is 76.1 Å². The molecule has 0 spiro atoms. The number of alkyl halides is 3. The van der Waals surface area contributed by atoms with Gasteiger partial charge in [0.2, 0.25) is 0 Å². The van der Waals surface area contributed by atoms with Gasteiger partial charge in [0.1, 0.15) is 17.3 Å². The third-order valence-corrected chi connectivity index (χ3v) is 6.40. The van der Waals surface area contributed by atoms with Crippen LogP contribution in [0.3, 0.4) is 0 Å². The van der Waals surface area contributed by atoms with E-state index >= 15 is 0 Å². The van der Waals surface area contributed by atoms with Gasteiger partial charge < -0.3 is 14.6 Å². The number of benzene rings is 3. The summed E-state index contributed by atoms with van der Waals surface area (Å²) >= 11 is 6.25. The van der Waals surface area contributed by atoms with E-state index in [2.05, 4.69) is 0 Å². The van der Waals surface area contributed by atoms with Gasteiger partial charge in [-0.25, -0.2) is 0 Å². The third kappa shape index (κ3) is 4.62. The number of anilines is 1. The van der Waals surface area contributed by atoms with Crippen molar-refractivity contribution >= 4 is 34.7 Å². The lowest BCUT2D eigenvalue weighted by atomic mass is 9.92. The minimum atomic E-state index is -4.67. The molecule has 0 aliphatic carbocycles. The fourth-order valence-corrected chi connectivity index (χ4v) is 4.55. The number of carbonyl (C=O) groups is 2. The highest BCUT2D eigenvalue weighted by molar-refractivity contribution is 6.51. The molecule has 0 radical (unpaired) electrons. The number of Topliss-reactive ketones (excluding diaryl/α,β-unsaturated/α-hetero) is 1. The summed E-state index contributed by atoms with van der Waals surface area (Å²) in [5, 5.41) is 11.5. The van der Waals surface area contributed by atoms with Crippen molar-refractivity contribution in [3.05, 3.63) is 93.5 Å². The highest BCUT2D eigenvalue weighted by Crippen LogP contribution is 2.46. The van der Waals surface area contributed by atoms with E-state index < -0.39 is 35.2 Å². The average Bonchev–Trinajstić information content (AvgIpc) is 3.13. The van der Waals surface area contributed by atoms with Gasteiger partial charge in [0.25, 0.3) is 11.7 Å². The van der Waals surface area contributed by atoms with Crippen LogP contribution >= 0.6 is 11.6 Å². The molecule has 6 nitrogen and oxygen atoms in total. The summed E-state index contributed by atoms with van der Waals surface area (Å²) in [6, 6.07) is 12.4. The van der Waals surface area contributed by atoms with Crippen molar-refractivity contribution in [1.82, 2.24) is 0 Å². The molecular weight excluding hydrogens is 511 g/mol. The van der Waals surface area contributed by atoms with E-state index in [-0.39, 0.29) is 33.3 Å². The van der Waals surface area contributed by atoms with Gasteiger partial charge in [0.05, 0.1) is 42.0 Å². The normalized spacial score (nSPS) is 17.3. The number of hydrogen-bond donors (Lipinski definition) is 1. The summed E-state index contributed by atoms with van der Waals surface area (Å²) in [7, 11) is 2.72.